The predicted octanol–water partition coefficient (Wildman–Crippen LogP) is 0.277. The molecule has 1 aromatic rings. The normalized spacial score (nSPS) is 29.4. The standard InChI is InChI=1S/C11H16N2O3/c1-3-11(15)8(6-16-10(11)14)4-9-5-12-7-13(9)2/h5,7-8,15H,3-4,6H2,1-2H3. The quantitative estimate of drug-likeness (QED) is 0.749. The molecule has 1 saturated heterocycles. The molecule has 1 fully saturated rings. The minimum Gasteiger partial charge on any atom is -0.463 e. The molecule has 0 bridgehead atoms. The van der Waals surface area contributed by atoms with E-state index in [4.69, 9.17) is 4.74 Å². The van der Waals surface area contributed by atoms with Gasteiger partial charge in [-0.25, -0.2) is 9.78 Å². The van der Waals surface area contributed by atoms with Crippen LogP contribution in [0.25, 0.3) is 0 Å². The van der Waals surface area contributed by atoms with E-state index >= 15 is 0 Å². The van der Waals surface area contributed by atoms with E-state index in [2.05, 4.69) is 4.98 Å². The monoisotopic (exact) mass is 224 g/mol. The van der Waals surface area contributed by atoms with Crippen LogP contribution in [0.2, 0.25) is 0 Å². The van der Waals surface area contributed by atoms with Crippen LogP contribution in [0.3, 0.4) is 0 Å². The molecule has 0 spiro atoms. The molecule has 1 aliphatic rings. The number of nitrogens with zero attached hydrogens (tertiary/aromatic N) is 2. The van der Waals surface area contributed by atoms with E-state index in [9.17, 15) is 9.90 Å². The summed E-state index contributed by atoms with van der Waals surface area (Å²) >= 11 is 0. The zero-order valence-electron chi connectivity index (χ0n) is 9.51. The number of hydrogen-bond acceptors (Lipinski definition) is 4. The van der Waals surface area contributed by atoms with E-state index in [0.29, 0.717) is 12.8 Å². The number of aryl methyl sites for hydroxylation is 1. The minimum absolute atomic E-state index is 0.180. The van der Waals surface area contributed by atoms with Gasteiger partial charge in [0.25, 0.3) is 0 Å². The Kier molecular flexibility index (Phi) is 2.71. The SMILES string of the molecule is CCC1(O)C(=O)OCC1Cc1cncn1C. The van der Waals surface area contributed by atoms with Crippen molar-refractivity contribution >= 4 is 5.97 Å². The molecule has 1 aliphatic heterocycles. The van der Waals surface area contributed by atoms with E-state index in [-0.39, 0.29) is 12.5 Å². The van der Waals surface area contributed by atoms with Gasteiger partial charge in [-0.2, -0.15) is 0 Å². The van der Waals surface area contributed by atoms with E-state index in [1.807, 2.05) is 11.6 Å². The third-order valence-electron chi connectivity index (χ3n) is 3.36. The first-order valence-electron chi connectivity index (χ1n) is 5.42. The second-order valence-electron chi connectivity index (χ2n) is 4.27. The molecule has 2 atom stereocenters. The highest BCUT2D eigenvalue weighted by atomic mass is 16.6. The van der Waals surface area contributed by atoms with Gasteiger partial charge in [0, 0.05) is 24.9 Å². The largest absolute Gasteiger partial charge is 0.463 e. The number of hydrogen-bond donors (Lipinski definition) is 1. The summed E-state index contributed by atoms with van der Waals surface area (Å²) in [6.07, 6.45) is 4.44. The highest BCUT2D eigenvalue weighted by Gasteiger charge is 2.49. The van der Waals surface area contributed by atoms with Crippen molar-refractivity contribution in [3.05, 3.63) is 18.2 Å². The van der Waals surface area contributed by atoms with Crippen LogP contribution in [0.4, 0.5) is 0 Å². The van der Waals surface area contributed by atoms with Gasteiger partial charge in [-0.15, -0.1) is 0 Å². The van der Waals surface area contributed by atoms with Crippen LogP contribution >= 0.6 is 0 Å². The van der Waals surface area contributed by atoms with Crippen LogP contribution < -0.4 is 0 Å². The lowest BCUT2D eigenvalue weighted by atomic mass is 9.84. The third-order valence-corrected chi connectivity index (χ3v) is 3.36. The average molecular weight is 224 g/mol. The number of carbonyl (C=O) groups excluding carboxylic acids is 1. The predicted molar refractivity (Wildman–Crippen MR) is 56.6 cm³/mol. The van der Waals surface area contributed by atoms with E-state index in [1.165, 1.54) is 0 Å². The molecule has 5 nitrogen and oxygen atoms in total. The summed E-state index contributed by atoms with van der Waals surface area (Å²) in [6.45, 7) is 2.08. The Labute approximate surface area is 94.1 Å². The highest BCUT2D eigenvalue weighted by molar-refractivity contribution is 5.81. The van der Waals surface area contributed by atoms with Gasteiger partial charge in [0.1, 0.15) is 0 Å². The van der Waals surface area contributed by atoms with Crippen LogP contribution in [-0.4, -0.2) is 32.8 Å². The van der Waals surface area contributed by atoms with Gasteiger partial charge >= 0.3 is 5.97 Å². The number of cyclic esters (lactones) is 1. The molecule has 1 N–H and O–H groups in total. The molecule has 5 heteroatoms. The topological polar surface area (TPSA) is 64.3 Å². The Bertz CT molecular complexity index is 402. The van der Waals surface area contributed by atoms with Crippen molar-refractivity contribution in [2.24, 2.45) is 13.0 Å². The highest BCUT2D eigenvalue weighted by Crippen LogP contribution is 2.32. The first kappa shape index (κ1) is 11.1. The molecule has 2 unspecified atom stereocenters. The Balaban J connectivity index is 2.17. The molecule has 1 aromatic heterocycles. The van der Waals surface area contributed by atoms with E-state index < -0.39 is 11.6 Å². The van der Waals surface area contributed by atoms with Crippen LogP contribution in [0.5, 0.6) is 0 Å². The maximum absolute atomic E-state index is 11.5. The summed E-state index contributed by atoms with van der Waals surface area (Å²) in [6, 6.07) is 0. The van der Waals surface area contributed by atoms with Crippen LogP contribution in [0.1, 0.15) is 19.0 Å². The molecular weight excluding hydrogens is 208 g/mol. The number of imidazole rings is 1. The Hall–Kier alpha value is -1.36. The first-order valence-corrected chi connectivity index (χ1v) is 5.42. The lowest BCUT2D eigenvalue weighted by Gasteiger charge is -2.23. The molecule has 16 heavy (non-hydrogen) atoms. The zero-order valence-corrected chi connectivity index (χ0v) is 9.51. The number of carbonyl (C=O) groups is 1. The summed E-state index contributed by atoms with van der Waals surface area (Å²) in [7, 11) is 1.89. The fourth-order valence-corrected chi connectivity index (χ4v) is 2.10. The van der Waals surface area contributed by atoms with Crippen molar-refractivity contribution in [3.63, 3.8) is 0 Å². The zero-order chi connectivity index (χ0) is 11.8. The van der Waals surface area contributed by atoms with Crippen LogP contribution in [-0.2, 0) is 23.0 Å². The van der Waals surface area contributed by atoms with Crippen molar-refractivity contribution in [2.75, 3.05) is 6.61 Å². The van der Waals surface area contributed by atoms with Gasteiger partial charge in [-0.1, -0.05) is 6.92 Å². The molecule has 0 aliphatic carbocycles. The summed E-state index contributed by atoms with van der Waals surface area (Å²) in [5.41, 5.74) is -0.334. The fraction of sp³-hybridized carbons (Fsp3) is 0.636. The summed E-state index contributed by atoms with van der Waals surface area (Å²) in [4.78, 5) is 15.5. The average Bonchev–Trinajstić information content (AvgIpc) is 2.79. The van der Waals surface area contributed by atoms with Crippen molar-refractivity contribution in [2.45, 2.75) is 25.4 Å². The molecule has 88 valence electrons. The summed E-state index contributed by atoms with van der Waals surface area (Å²) in [5, 5.41) is 10.2. The molecule has 2 rings (SSSR count). The molecule has 2 heterocycles. The van der Waals surface area contributed by atoms with Gasteiger partial charge in [-0.3, -0.25) is 0 Å². The van der Waals surface area contributed by atoms with Gasteiger partial charge in [0.15, 0.2) is 5.60 Å². The maximum Gasteiger partial charge on any atom is 0.338 e. The molecule has 0 saturated carbocycles. The van der Waals surface area contributed by atoms with Gasteiger partial charge in [-0.05, 0) is 12.8 Å². The first-order chi connectivity index (χ1) is 7.58. The second-order valence-corrected chi connectivity index (χ2v) is 4.27. The molecule has 0 aromatic carbocycles. The van der Waals surface area contributed by atoms with Crippen molar-refractivity contribution in [3.8, 4) is 0 Å². The van der Waals surface area contributed by atoms with Gasteiger partial charge in [0.05, 0.1) is 12.9 Å². The Morgan fingerprint density at radius 1 is 1.75 bits per heavy atom. The van der Waals surface area contributed by atoms with Crippen molar-refractivity contribution < 1.29 is 14.6 Å². The Morgan fingerprint density at radius 3 is 3.06 bits per heavy atom. The molecule has 0 radical (unpaired) electrons. The minimum atomic E-state index is -1.33. The van der Waals surface area contributed by atoms with Crippen molar-refractivity contribution in [1.82, 2.24) is 9.55 Å². The summed E-state index contributed by atoms with van der Waals surface area (Å²) in [5.74, 6) is -0.678. The van der Waals surface area contributed by atoms with Crippen molar-refractivity contribution in [1.29, 1.82) is 0 Å². The number of aliphatic hydroxyl groups is 1. The number of esters is 1. The Morgan fingerprint density at radius 2 is 2.50 bits per heavy atom. The lowest BCUT2D eigenvalue weighted by molar-refractivity contribution is -0.154. The lowest BCUT2D eigenvalue weighted by Crippen LogP contribution is -2.41. The van der Waals surface area contributed by atoms with Crippen LogP contribution in [0, 0.1) is 5.92 Å². The van der Waals surface area contributed by atoms with Gasteiger partial charge < -0.3 is 14.4 Å². The number of aromatic nitrogens is 2. The number of rotatable bonds is 3. The molecule has 0 amide bonds. The van der Waals surface area contributed by atoms with Crippen LogP contribution in [0.15, 0.2) is 12.5 Å². The molecular formula is C11H16N2O3. The van der Waals surface area contributed by atoms with E-state index in [0.717, 1.165) is 5.69 Å². The maximum atomic E-state index is 11.5. The van der Waals surface area contributed by atoms with E-state index in [1.54, 1.807) is 19.4 Å². The summed E-state index contributed by atoms with van der Waals surface area (Å²) < 4.78 is 6.83. The third kappa shape index (κ3) is 1.61. The smallest absolute Gasteiger partial charge is 0.338 e. The number of ether oxygens (including phenoxy) is 1. The second kappa shape index (κ2) is 3.90. The van der Waals surface area contributed by atoms with Gasteiger partial charge in [0.2, 0.25) is 0 Å². The fourth-order valence-electron chi connectivity index (χ4n) is 2.10.